The number of nitrogens with zero attached hydrogens (tertiary/aromatic N) is 3. The first-order chi connectivity index (χ1) is 14.0. The highest BCUT2D eigenvalue weighted by Crippen LogP contribution is 2.24. The van der Waals surface area contributed by atoms with Crippen molar-refractivity contribution < 1.29 is 13.9 Å². The quantitative estimate of drug-likeness (QED) is 0.464. The molecule has 1 aromatic carbocycles. The van der Waals surface area contributed by atoms with Crippen molar-refractivity contribution in [2.45, 2.75) is 44.5 Å². The Balaban J connectivity index is 1.42. The predicted octanol–water partition coefficient (Wildman–Crippen LogP) is 4.18. The molecule has 1 aliphatic rings. The number of carbonyl (C=O) groups is 1. The highest BCUT2D eigenvalue weighted by molar-refractivity contribution is 7.99. The van der Waals surface area contributed by atoms with E-state index in [1.54, 1.807) is 18.2 Å². The van der Waals surface area contributed by atoms with Gasteiger partial charge in [0.05, 0.1) is 17.4 Å². The molecule has 0 aliphatic carbocycles. The SMILES string of the molecule is Cc1cc(C(=O)CSc2n[nH]c(-c3ccccc3F)n2)c(C)n1C[C@H]1CCCO1. The van der Waals surface area contributed by atoms with Gasteiger partial charge in [0, 0.05) is 30.1 Å². The largest absolute Gasteiger partial charge is 0.376 e. The van der Waals surface area contributed by atoms with Crippen LogP contribution in [0.1, 0.15) is 34.6 Å². The third-order valence-electron chi connectivity index (χ3n) is 5.21. The number of aryl methyl sites for hydroxylation is 1. The second-order valence-corrected chi connectivity index (χ2v) is 8.13. The molecule has 1 fully saturated rings. The number of Topliss-reactive ketones (excluding diaryl/α,β-unsaturated/α-hetero) is 1. The fraction of sp³-hybridized carbons (Fsp3) is 0.381. The molecule has 0 unspecified atom stereocenters. The van der Waals surface area contributed by atoms with Crippen molar-refractivity contribution in [3.05, 3.63) is 53.1 Å². The van der Waals surface area contributed by atoms with Crippen LogP contribution in [0.25, 0.3) is 11.4 Å². The number of ether oxygens (including phenoxy) is 1. The number of benzene rings is 1. The highest BCUT2D eigenvalue weighted by Gasteiger charge is 2.21. The van der Waals surface area contributed by atoms with E-state index in [1.807, 2.05) is 19.9 Å². The highest BCUT2D eigenvalue weighted by atomic mass is 32.2. The number of hydrogen-bond donors (Lipinski definition) is 1. The molecule has 1 saturated heterocycles. The molecular formula is C21H23FN4O2S. The molecule has 1 atom stereocenters. The van der Waals surface area contributed by atoms with Gasteiger partial charge < -0.3 is 9.30 Å². The molecule has 3 heterocycles. The first-order valence-electron chi connectivity index (χ1n) is 9.64. The van der Waals surface area contributed by atoms with Crippen LogP contribution in [0.2, 0.25) is 0 Å². The minimum Gasteiger partial charge on any atom is -0.376 e. The Labute approximate surface area is 172 Å². The fourth-order valence-corrected chi connectivity index (χ4v) is 4.33. The summed E-state index contributed by atoms with van der Waals surface area (Å²) in [4.78, 5) is 17.1. The molecule has 0 amide bonds. The summed E-state index contributed by atoms with van der Waals surface area (Å²) < 4.78 is 21.8. The lowest BCUT2D eigenvalue weighted by atomic mass is 10.2. The van der Waals surface area contributed by atoms with Gasteiger partial charge in [-0.1, -0.05) is 23.9 Å². The molecule has 2 aromatic heterocycles. The number of rotatable bonds is 7. The van der Waals surface area contributed by atoms with Gasteiger partial charge in [-0.3, -0.25) is 9.89 Å². The zero-order valence-electron chi connectivity index (χ0n) is 16.4. The Morgan fingerprint density at radius 2 is 2.21 bits per heavy atom. The lowest BCUT2D eigenvalue weighted by Gasteiger charge is -2.14. The van der Waals surface area contributed by atoms with Crippen LogP contribution < -0.4 is 0 Å². The maximum Gasteiger partial charge on any atom is 0.209 e. The summed E-state index contributed by atoms with van der Waals surface area (Å²) >= 11 is 1.24. The number of H-pyrrole nitrogens is 1. The summed E-state index contributed by atoms with van der Waals surface area (Å²) in [6.07, 6.45) is 2.38. The van der Waals surface area contributed by atoms with Gasteiger partial charge in [0.25, 0.3) is 0 Å². The number of halogens is 1. The molecule has 1 aliphatic heterocycles. The number of ketones is 1. The molecule has 29 heavy (non-hydrogen) atoms. The lowest BCUT2D eigenvalue weighted by Crippen LogP contribution is -2.17. The topological polar surface area (TPSA) is 72.8 Å². The molecule has 152 valence electrons. The summed E-state index contributed by atoms with van der Waals surface area (Å²) in [5.41, 5.74) is 3.10. The van der Waals surface area contributed by atoms with E-state index in [1.165, 1.54) is 17.8 Å². The third-order valence-corrected chi connectivity index (χ3v) is 6.06. The van der Waals surface area contributed by atoms with E-state index in [4.69, 9.17) is 4.74 Å². The third kappa shape index (κ3) is 4.28. The van der Waals surface area contributed by atoms with Gasteiger partial charge in [0.15, 0.2) is 11.6 Å². The van der Waals surface area contributed by atoms with Crippen molar-refractivity contribution in [1.29, 1.82) is 0 Å². The average Bonchev–Trinajstić information content (AvgIpc) is 3.44. The molecular weight excluding hydrogens is 391 g/mol. The van der Waals surface area contributed by atoms with Gasteiger partial charge in [0.2, 0.25) is 5.16 Å². The van der Waals surface area contributed by atoms with Crippen LogP contribution in [-0.4, -0.2) is 44.0 Å². The van der Waals surface area contributed by atoms with Crippen LogP contribution in [0.5, 0.6) is 0 Å². The Morgan fingerprint density at radius 3 is 2.97 bits per heavy atom. The molecule has 3 aromatic rings. The summed E-state index contributed by atoms with van der Waals surface area (Å²) in [5, 5.41) is 7.26. The number of carbonyl (C=O) groups excluding carboxylic acids is 1. The van der Waals surface area contributed by atoms with Crippen molar-refractivity contribution in [2.24, 2.45) is 0 Å². The average molecular weight is 415 g/mol. The van der Waals surface area contributed by atoms with E-state index >= 15 is 0 Å². The van der Waals surface area contributed by atoms with Crippen LogP contribution in [0.15, 0.2) is 35.5 Å². The maximum absolute atomic E-state index is 13.9. The molecule has 4 rings (SSSR count). The molecule has 0 spiro atoms. The smallest absolute Gasteiger partial charge is 0.209 e. The van der Waals surface area contributed by atoms with Crippen molar-refractivity contribution in [3.63, 3.8) is 0 Å². The van der Waals surface area contributed by atoms with Crippen LogP contribution in [0.4, 0.5) is 4.39 Å². The zero-order chi connectivity index (χ0) is 20.4. The normalized spacial score (nSPS) is 16.4. The van der Waals surface area contributed by atoms with Crippen LogP contribution >= 0.6 is 11.8 Å². The summed E-state index contributed by atoms with van der Waals surface area (Å²) in [5.74, 6) is 0.236. The van der Waals surface area contributed by atoms with Crippen molar-refractivity contribution in [1.82, 2.24) is 19.7 Å². The number of aromatic amines is 1. The Hall–Kier alpha value is -2.45. The van der Waals surface area contributed by atoms with Gasteiger partial charge in [-0.2, -0.15) is 0 Å². The monoisotopic (exact) mass is 414 g/mol. The molecule has 0 radical (unpaired) electrons. The number of nitrogens with one attached hydrogen (secondary N) is 1. The van der Waals surface area contributed by atoms with E-state index in [0.29, 0.717) is 16.5 Å². The van der Waals surface area contributed by atoms with Crippen LogP contribution in [0, 0.1) is 19.7 Å². The van der Waals surface area contributed by atoms with Gasteiger partial charge in [0.1, 0.15) is 5.82 Å². The molecule has 0 saturated carbocycles. The Kier molecular flexibility index (Phi) is 5.82. The van der Waals surface area contributed by atoms with E-state index < -0.39 is 0 Å². The minimum absolute atomic E-state index is 0.0268. The molecule has 1 N–H and O–H groups in total. The van der Waals surface area contributed by atoms with E-state index in [0.717, 1.165) is 42.9 Å². The summed E-state index contributed by atoms with van der Waals surface area (Å²) in [7, 11) is 0. The van der Waals surface area contributed by atoms with E-state index in [2.05, 4.69) is 19.7 Å². The van der Waals surface area contributed by atoms with Gasteiger partial charge in [-0.15, -0.1) is 5.10 Å². The Bertz CT molecular complexity index is 1020. The van der Waals surface area contributed by atoms with Gasteiger partial charge >= 0.3 is 0 Å². The van der Waals surface area contributed by atoms with E-state index in [9.17, 15) is 9.18 Å². The van der Waals surface area contributed by atoms with Gasteiger partial charge in [-0.25, -0.2) is 9.37 Å². The summed E-state index contributed by atoms with van der Waals surface area (Å²) in [6.45, 7) is 5.59. The Morgan fingerprint density at radius 1 is 1.38 bits per heavy atom. The lowest BCUT2D eigenvalue weighted by molar-refractivity contribution is 0.0957. The second kappa shape index (κ2) is 8.51. The second-order valence-electron chi connectivity index (χ2n) is 7.19. The number of thioether (sulfide) groups is 1. The summed E-state index contributed by atoms with van der Waals surface area (Å²) in [6, 6.07) is 8.32. The van der Waals surface area contributed by atoms with Crippen molar-refractivity contribution >= 4 is 17.5 Å². The first kappa shape index (κ1) is 19.8. The van der Waals surface area contributed by atoms with Crippen molar-refractivity contribution in [2.75, 3.05) is 12.4 Å². The molecule has 6 nitrogen and oxygen atoms in total. The van der Waals surface area contributed by atoms with Crippen molar-refractivity contribution in [3.8, 4) is 11.4 Å². The first-order valence-corrected chi connectivity index (χ1v) is 10.6. The predicted molar refractivity (Wildman–Crippen MR) is 110 cm³/mol. The number of hydrogen-bond acceptors (Lipinski definition) is 5. The molecule has 0 bridgehead atoms. The van der Waals surface area contributed by atoms with Crippen LogP contribution in [-0.2, 0) is 11.3 Å². The standard InChI is InChI=1S/C21H23FN4O2S/c1-13-10-17(14(2)26(13)11-15-6-5-9-28-15)19(27)12-29-21-23-20(24-25-21)16-7-3-4-8-18(16)22/h3-4,7-8,10,15H,5-6,9,11-12H2,1-2H3,(H,23,24,25)/t15-/m1/s1. The number of aromatic nitrogens is 4. The maximum atomic E-state index is 13.9. The zero-order valence-corrected chi connectivity index (χ0v) is 17.3. The molecule has 8 heteroatoms. The fourth-order valence-electron chi connectivity index (χ4n) is 3.65. The van der Waals surface area contributed by atoms with E-state index in [-0.39, 0.29) is 23.5 Å². The van der Waals surface area contributed by atoms with Crippen LogP contribution in [0.3, 0.4) is 0 Å². The van der Waals surface area contributed by atoms with Gasteiger partial charge in [-0.05, 0) is 44.9 Å². The minimum atomic E-state index is -0.366.